The first kappa shape index (κ1) is 29.7. The van der Waals surface area contributed by atoms with Crippen molar-refractivity contribution >= 4 is 23.6 Å². The van der Waals surface area contributed by atoms with Gasteiger partial charge in [-0.25, -0.2) is 4.79 Å². The molecule has 0 saturated heterocycles. The van der Waals surface area contributed by atoms with Crippen molar-refractivity contribution < 1.29 is 23.9 Å². The molecule has 2 aromatic carbocycles. The van der Waals surface area contributed by atoms with E-state index in [-0.39, 0.29) is 11.8 Å². The molecule has 0 aliphatic rings. The minimum absolute atomic E-state index is 0.342. The van der Waals surface area contributed by atoms with Gasteiger partial charge in [-0.3, -0.25) is 9.59 Å². The third-order valence-electron chi connectivity index (χ3n) is 5.78. The van der Waals surface area contributed by atoms with E-state index in [1.165, 1.54) is 0 Å². The topological polar surface area (TPSA) is 97.0 Å². The number of benzene rings is 2. The predicted molar refractivity (Wildman–Crippen MR) is 146 cm³/mol. The molecule has 0 aromatic heterocycles. The van der Waals surface area contributed by atoms with Gasteiger partial charge in [0.2, 0.25) is 5.91 Å². The van der Waals surface area contributed by atoms with Crippen molar-refractivity contribution in [1.29, 1.82) is 0 Å². The summed E-state index contributed by atoms with van der Waals surface area (Å²) in [6.45, 7) is 13.2. The monoisotopic (exact) mass is 511 g/mol. The molecule has 2 rings (SSSR count). The van der Waals surface area contributed by atoms with Gasteiger partial charge in [0.05, 0.1) is 7.11 Å². The number of nitrogens with zero attached hydrogens (tertiary/aromatic N) is 1. The van der Waals surface area contributed by atoms with Crippen molar-refractivity contribution in [1.82, 2.24) is 10.2 Å². The molecule has 0 fully saturated rings. The molecule has 3 amide bonds. The van der Waals surface area contributed by atoms with Crippen LogP contribution in [0.1, 0.15) is 70.2 Å². The Balaban J connectivity index is 2.45. The molecule has 0 aliphatic heterocycles. The zero-order valence-electron chi connectivity index (χ0n) is 23.3. The highest BCUT2D eigenvalue weighted by atomic mass is 16.6. The number of alkyl carbamates (subject to hydrolysis) is 1. The quantitative estimate of drug-likeness (QED) is 0.437. The molecule has 2 aromatic rings. The minimum atomic E-state index is -0.898. The van der Waals surface area contributed by atoms with E-state index in [9.17, 15) is 14.4 Å². The number of nitrogens with one attached hydrogen (secondary N) is 2. The lowest BCUT2D eigenvalue weighted by molar-refractivity contribution is -0.140. The van der Waals surface area contributed by atoms with Crippen LogP contribution in [-0.4, -0.2) is 48.1 Å². The number of hydrogen-bond acceptors (Lipinski definition) is 5. The van der Waals surface area contributed by atoms with Gasteiger partial charge in [0.15, 0.2) is 0 Å². The van der Waals surface area contributed by atoms with Gasteiger partial charge in [-0.15, -0.1) is 0 Å². The Bertz CT molecular complexity index is 1080. The third-order valence-corrected chi connectivity index (χ3v) is 5.78. The molecule has 0 bridgehead atoms. The largest absolute Gasteiger partial charge is 0.497 e. The van der Waals surface area contributed by atoms with Gasteiger partial charge >= 0.3 is 6.09 Å². The average Bonchev–Trinajstić information content (AvgIpc) is 2.81. The summed E-state index contributed by atoms with van der Waals surface area (Å²) in [6.07, 6.45) is 0.842. The van der Waals surface area contributed by atoms with E-state index in [1.54, 1.807) is 64.0 Å². The van der Waals surface area contributed by atoms with Gasteiger partial charge in [0.1, 0.15) is 23.4 Å². The molecule has 0 heterocycles. The zero-order valence-corrected chi connectivity index (χ0v) is 23.3. The van der Waals surface area contributed by atoms with Crippen LogP contribution in [0.4, 0.5) is 10.5 Å². The normalized spacial score (nSPS) is 12.8. The van der Waals surface area contributed by atoms with Crippen molar-refractivity contribution in [2.75, 3.05) is 19.0 Å². The fraction of sp³-hybridized carbons (Fsp3) is 0.483. The van der Waals surface area contributed by atoms with Crippen molar-refractivity contribution in [3.05, 3.63) is 59.2 Å². The molecule has 202 valence electrons. The number of methoxy groups -OCH3 is 1. The lowest BCUT2D eigenvalue weighted by Gasteiger charge is -2.34. The van der Waals surface area contributed by atoms with Gasteiger partial charge in [-0.1, -0.05) is 37.1 Å². The van der Waals surface area contributed by atoms with Gasteiger partial charge in [0.25, 0.3) is 5.91 Å². The highest BCUT2D eigenvalue weighted by molar-refractivity contribution is 5.99. The summed E-state index contributed by atoms with van der Waals surface area (Å²) in [5.74, 6) is -0.0362. The van der Waals surface area contributed by atoms with Crippen molar-refractivity contribution in [3.8, 4) is 5.75 Å². The van der Waals surface area contributed by atoms with Crippen LogP contribution in [0.2, 0.25) is 0 Å². The molecule has 0 radical (unpaired) electrons. The summed E-state index contributed by atoms with van der Waals surface area (Å²) in [5.41, 5.74) is 2.57. The van der Waals surface area contributed by atoms with Gasteiger partial charge in [0, 0.05) is 12.2 Å². The van der Waals surface area contributed by atoms with Gasteiger partial charge in [-0.2, -0.15) is 0 Å². The van der Waals surface area contributed by atoms with Crippen molar-refractivity contribution in [2.45, 2.75) is 79.0 Å². The molecular weight excluding hydrogens is 470 g/mol. The second-order valence-electron chi connectivity index (χ2n) is 10.2. The van der Waals surface area contributed by atoms with Crippen LogP contribution >= 0.6 is 0 Å². The highest BCUT2D eigenvalue weighted by Crippen LogP contribution is 2.28. The molecule has 8 heteroatoms. The Labute approximate surface area is 220 Å². The fourth-order valence-corrected chi connectivity index (χ4v) is 3.96. The van der Waals surface area contributed by atoms with E-state index >= 15 is 0 Å². The number of aryl methyl sites for hydroxylation is 2. The van der Waals surface area contributed by atoms with Crippen LogP contribution in [0, 0.1) is 13.8 Å². The van der Waals surface area contributed by atoms with Crippen LogP contribution in [-0.2, 0) is 14.3 Å². The molecule has 2 unspecified atom stereocenters. The van der Waals surface area contributed by atoms with E-state index in [0.717, 1.165) is 23.1 Å². The Hall–Kier alpha value is -3.55. The van der Waals surface area contributed by atoms with Crippen LogP contribution in [0.3, 0.4) is 0 Å². The lowest BCUT2D eigenvalue weighted by Crippen LogP contribution is -2.51. The zero-order chi connectivity index (χ0) is 27.8. The number of rotatable bonds is 10. The maximum atomic E-state index is 13.8. The first-order valence-electron chi connectivity index (χ1n) is 12.7. The van der Waals surface area contributed by atoms with E-state index in [4.69, 9.17) is 9.47 Å². The maximum absolute atomic E-state index is 13.8. The van der Waals surface area contributed by atoms with Gasteiger partial charge in [-0.05, 0) is 83.4 Å². The second-order valence-corrected chi connectivity index (χ2v) is 10.2. The number of amides is 3. The van der Waals surface area contributed by atoms with Crippen LogP contribution in [0.25, 0.3) is 0 Å². The van der Waals surface area contributed by atoms with E-state index in [2.05, 4.69) is 10.6 Å². The van der Waals surface area contributed by atoms with E-state index in [0.29, 0.717) is 24.4 Å². The molecule has 2 N–H and O–H groups in total. The van der Waals surface area contributed by atoms with Crippen molar-refractivity contribution in [3.63, 3.8) is 0 Å². The van der Waals surface area contributed by atoms with E-state index < -0.39 is 23.8 Å². The number of carbonyl (C=O) groups is 3. The van der Waals surface area contributed by atoms with Crippen LogP contribution in [0.15, 0.2) is 42.5 Å². The molecule has 0 saturated carbocycles. The fourth-order valence-electron chi connectivity index (χ4n) is 3.96. The summed E-state index contributed by atoms with van der Waals surface area (Å²) in [4.78, 5) is 41.5. The number of anilines is 1. The smallest absolute Gasteiger partial charge is 0.408 e. The third kappa shape index (κ3) is 8.81. The van der Waals surface area contributed by atoms with Crippen LogP contribution in [0.5, 0.6) is 5.75 Å². The molecule has 0 spiro atoms. The predicted octanol–water partition coefficient (Wildman–Crippen LogP) is 5.53. The SMILES string of the molecule is CCCCN(C(=O)C(C)NC(=O)OC(C)(C)C)C(C(=O)Nc1ccc(OC)cc1)c1ccc(C)cc1C. The number of carbonyl (C=O) groups excluding carboxylic acids is 3. The molecule has 8 nitrogen and oxygen atoms in total. The summed E-state index contributed by atoms with van der Waals surface area (Å²) in [7, 11) is 1.58. The first-order chi connectivity index (χ1) is 17.4. The standard InChI is InChI=1S/C29H41N3O5/c1-9-10-17-32(27(34)21(4)30-28(35)37-29(5,6)7)25(24-16-11-19(2)18-20(24)3)26(33)31-22-12-14-23(36-8)15-13-22/h11-16,18,21,25H,9-10,17H2,1-8H3,(H,30,35)(H,31,33). The molecule has 0 aliphatic carbocycles. The number of unbranched alkanes of at least 4 members (excludes halogenated alkanes) is 1. The summed E-state index contributed by atoms with van der Waals surface area (Å²) in [5, 5.41) is 5.58. The Morgan fingerprint density at radius 2 is 1.68 bits per heavy atom. The lowest BCUT2D eigenvalue weighted by atomic mass is 9.96. The van der Waals surface area contributed by atoms with Gasteiger partial charge < -0.3 is 25.0 Å². The summed E-state index contributed by atoms with van der Waals surface area (Å²) >= 11 is 0. The highest BCUT2D eigenvalue weighted by Gasteiger charge is 2.35. The van der Waals surface area contributed by atoms with E-state index in [1.807, 2.05) is 39.0 Å². The average molecular weight is 512 g/mol. The summed E-state index contributed by atoms with van der Waals surface area (Å²) in [6, 6.07) is 11.0. The number of hydrogen-bond donors (Lipinski definition) is 2. The Morgan fingerprint density at radius 1 is 1.03 bits per heavy atom. The Kier molecular flexibility index (Phi) is 10.5. The molecular formula is C29H41N3O5. The number of ether oxygens (including phenoxy) is 2. The second kappa shape index (κ2) is 13.1. The van der Waals surface area contributed by atoms with Crippen molar-refractivity contribution in [2.24, 2.45) is 0 Å². The van der Waals surface area contributed by atoms with Crippen LogP contribution < -0.4 is 15.4 Å². The maximum Gasteiger partial charge on any atom is 0.408 e. The summed E-state index contributed by atoms with van der Waals surface area (Å²) < 4.78 is 10.5. The molecule has 2 atom stereocenters. The minimum Gasteiger partial charge on any atom is -0.497 e. The first-order valence-corrected chi connectivity index (χ1v) is 12.7. The molecule has 37 heavy (non-hydrogen) atoms. The Morgan fingerprint density at radius 3 is 2.22 bits per heavy atom.